The second-order valence-corrected chi connectivity index (χ2v) is 6.62. The second kappa shape index (κ2) is 8.83. The van der Waals surface area contributed by atoms with Crippen LogP contribution in [0, 0.1) is 0 Å². The Labute approximate surface area is 161 Å². The van der Waals surface area contributed by atoms with Crippen LogP contribution in [0.4, 0.5) is 0 Å². The largest absolute Gasteiger partial charge is 0.356 e. The van der Waals surface area contributed by atoms with E-state index in [4.69, 9.17) is 27.7 Å². The minimum atomic E-state index is -0.0572. The number of nitrogens with one attached hydrogen (secondary N) is 1. The third kappa shape index (κ3) is 5.31. The lowest BCUT2D eigenvalue weighted by molar-refractivity contribution is -0.121. The third-order valence-electron chi connectivity index (χ3n) is 3.76. The van der Waals surface area contributed by atoms with E-state index < -0.39 is 0 Å². The average Bonchev–Trinajstić information content (AvgIpc) is 3.10. The van der Waals surface area contributed by atoms with Crippen molar-refractivity contribution in [3.8, 4) is 11.4 Å². The van der Waals surface area contributed by atoms with E-state index in [1.54, 1.807) is 12.1 Å². The molecule has 3 rings (SSSR count). The molecule has 7 heteroatoms. The van der Waals surface area contributed by atoms with Crippen LogP contribution in [0.2, 0.25) is 10.0 Å². The smallest absolute Gasteiger partial charge is 0.227 e. The Morgan fingerprint density at radius 3 is 2.62 bits per heavy atom. The molecule has 3 aromatic rings. The zero-order valence-corrected chi connectivity index (χ0v) is 15.4. The lowest BCUT2D eigenvalue weighted by Gasteiger charge is -2.04. The van der Waals surface area contributed by atoms with Gasteiger partial charge in [-0.05, 0) is 48.4 Å². The molecule has 134 valence electrons. The SMILES string of the molecule is O=C(CCc1nc(-c2ccc(Cl)cc2)no1)NCCc1cccc(Cl)c1. The fourth-order valence-electron chi connectivity index (χ4n) is 2.42. The molecule has 0 aliphatic heterocycles. The number of rotatable bonds is 7. The maximum Gasteiger partial charge on any atom is 0.227 e. The Balaban J connectivity index is 1.44. The topological polar surface area (TPSA) is 68.0 Å². The van der Waals surface area contributed by atoms with Gasteiger partial charge in [0.25, 0.3) is 0 Å². The number of amides is 1. The average molecular weight is 390 g/mol. The molecule has 0 bridgehead atoms. The number of hydrogen-bond donors (Lipinski definition) is 1. The monoisotopic (exact) mass is 389 g/mol. The molecule has 0 saturated carbocycles. The van der Waals surface area contributed by atoms with Gasteiger partial charge in [0.1, 0.15) is 0 Å². The first kappa shape index (κ1) is 18.4. The molecule has 0 radical (unpaired) electrons. The van der Waals surface area contributed by atoms with Gasteiger partial charge < -0.3 is 9.84 Å². The van der Waals surface area contributed by atoms with Crippen molar-refractivity contribution in [2.45, 2.75) is 19.3 Å². The highest BCUT2D eigenvalue weighted by Gasteiger charge is 2.10. The van der Waals surface area contributed by atoms with Crippen molar-refractivity contribution >= 4 is 29.1 Å². The van der Waals surface area contributed by atoms with Crippen LogP contribution in [0.15, 0.2) is 53.1 Å². The van der Waals surface area contributed by atoms with Crippen LogP contribution >= 0.6 is 23.2 Å². The minimum absolute atomic E-state index is 0.0572. The quantitative estimate of drug-likeness (QED) is 0.652. The first-order chi connectivity index (χ1) is 12.6. The van der Waals surface area contributed by atoms with E-state index in [9.17, 15) is 4.79 Å². The van der Waals surface area contributed by atoms with E-state index in [-0.39, 0.29) is 12.3 Å². The summed E-state index contributed by atoms with van der Waals surface area (Å²) in [5, 5.41) is 8.15. The van der Waals surface area contributed by atoms with E-state index in [1.807, 2.05) is 36.4 Å². The van der Waals surface area contributed by atoms with Gasteiger partial charge in [-0.1, -0.05) is 40.5 Å². The number of aromatic nitrogens is 2. The van der Waals surface area contributed by atoms with Crippen LogP contribution in [0.5, 0.6) is 0 Å². The molecule has 26 heavy (non-hydrogen) atoms. The van der Waals surface area contributed by atoms with E-state index >= 15 is 0 Å². The highest BCUT2D eigenvalue weighted by atomic mass is 35.5. The summed E-state index contributed by atoms with van der Waals surface area (Å²) in [5.41, 5.74) is 1.90. The molecule has 0 fully saturated rings. The third-order valence-corrected chi connectivity index (χ3v) is 4.25. The van der Waals surface area contributed by atoms with Crippen LogP contribution in [-0.2, 0) is 17.6 Å². The standard InChI is InChI=1S/C19H17Cl2N3O2/c20-15-6-4-14(5-7-15)19-23-18(26-24-19)9-8-17(25)22-11-10-13-2-1-3-16(21)12-13/h1-7,12H,8-11H2,(H,22,25). The molecule has 0 atom stereocenters. The number of aryl methyl sites for hydroxylation is 1. The van der Waals surface area contributed by atoms with Crippen LogP contribution in [0.3, 0.4) is 0 Å². The van der Waals surface area contributed by atoms with E-state index in [0.29, 0.717) is 34.7 Å². The van der Waals surface area contributed by atoms with Crippen LogP contribution in [0.1, 0.15) is 17.9 Å². The molecule has 1 N–H and O–H groups in total. The van der Waals surface area contributed by atoms with Gasteiger partial charge in [0, 0.05) is 35.0 Å². The number of nitrogens with zero attached hydrogens (tertiary/aromatic N) is 2. The maximum atomic E-state index is 11.9. The van der Waals surface area contributed by atoms with Gasteiger partial charge in [0.05, 0.1) is 0 Å². The van der Waals surface area contributed by atoms with Gasteiger partial charge in [-0.3, -0.25) is 4.79 Å². The molecular weight excluding hydrogens is 373 g/mol. The molecular formula is C19H17Cl2N3O2. The van der Waals surface area contributed by atoms with Crippen molar-refractivity contribution in [1.29, 1.82) is 0 Å². The summed E-state index contributed by atoms with van der Waals surface area (Å²) in [5.74, 6) is 0.858. The highest BCUT2D eigenvalue weighted by molar-refractivity contribution is 6.30. The maximum absolute atomic E-state index is 11.9. The number of carbonyl (C=O) groups is 1. The first-order valence-corrected chi connectivity index (χ1v) is 8.95. The Bertz CT molecular complexity index is 879. The van der Waals surface area contributed by atoms with E-state index in [0.717, 1.165) is 17.5 Å². The molecule has 5 nitrogen and oxygen atoms in total. The summed E-state index contributed by atoms with van der Waals surface area (Å²) in [6.07, 6.45) is 1.41. The number of carbonyl (C=O) groups excluding carboxylic acids is 1. The van der Waals surface area contributed by atoms with Crippen molar-refractivity contribution in [2.24, 2.45) is 0 Å². The molecule has 1 amide bonds. The second-order valence-electron chi connectivity index (χ2n) is 5.75. The number of halogens is 2. The summed E-state index contributed by atoms with van der Waals surface area (Å²) < 4.78 is 5.20. The summed E-state index contributed by atoms with van der Waals surface area (Å²) in [6, 6.07) is 14.8. The van der Waals surface area contributed by atoms with Gasteiger partial charge in [-0.25, -0.2) is 0 Å². The number of hydrogen-bond acceptors (Lipinski definition) is 4. The Morgan fingerprint density at radius 2 is 1.85 bits per heavy atom. The summed E-state index contributed by atoms with van der Waals surface area (Å²) in [6.45, 7) is 0.555. The fourth-order valence-corrected chi connectivity index (χ4v) is 2.76. The van der Waals surface area contributed by atoms with Gasteiger partial charge in [-0.2, -0.15) is 4.98 Å². The van der Waals surface area contributed by atoms with Crippen LogP contribution in [0.25, 0.3) is 11.4 Å². The molecule has 0 aliphatic carbocycles. The molecule has 0 aliphatic rings. The summed E-state index contributed by atoms with van der Waals surface area (Å²) >= 11 is 11.8. The van der Waals surface area contributed by atoms with Crippen LogP contribution in [-0.4, -0.2) is 22.6 Å². The summed E-state index contributed by atoms with van der Waals surface area (Å²) in [7, 11) is 0. The predicted molar refractivity (Wildman–Crippen MR) is 101 cm³/mol. The van der Waals surface area contributed by atoms with Crippen molar-refractivity contribution in [1.82, 2.24) is 15.5 Å². The van der Waals surface area contributed by atoms with Crippen molar-refractivity contribution in [3.05, 3.63) is 70.0 Å². The van der Waals surface area contributed by atoms with Gasteiger partial charge in [-0.15, -0.1) is 0 Å². The summed E-state index contributed by atoms with van der Waals surface area (Å²) in [4.78, 5) is 16.3. The van der Waals surface area contributed by atoms with Crippen molar-refractivity contribution < 1.29 is 9.32 Å². The first-order valence-electron chi connectivity index (χ1n) is 8.20. The molecule has 1 heterocycles. The molecule has 0 saturated heterocycles. The van der Waals surface area contributed by atoms with Gasteiger partial charge in [0.2, 0.25) is 17.6 Å². The van der Waals surface area contributed by atoms with E-state index in [2.05, 4.69) is 15.5 Å². The molecule has 0 spiro atoms. The number of benzene rings is 2. The molecule has 1 aromatic heterocycles. The Hall–Kier alpha value is -2.37. The van der Waals surface area contributed by atoms with Crippen molar-refractivity contribution in [3.63, 3.8) is 0 Å². The van der Waals surface area contributed by atoms with Crippen molar-refractivity contribution in [2.75, 3.05) is 6.54 Å². The van der Waals surface area contributed by atoms with Gasteiger partial charge in [0.15, 0.2) is 0 Å². The zero-order chi connectivity index (χ0) is 18.4. The molecule has 0 unspecified atom stereocenters. The minimum Gasteiger partial charge on any atom is -0.356 e. The Morgan fingerprint density at radius 1 is 1.04 bits per heavy atom. The predicted octanol–water partition coefficient (Wildman–Crippen LogP) is 4.33. The van der Waals surface area contributed by atoms with E-state index in [1.165, 1.54) is 0 Å². The normalized spacial score (nSPS) is 10.7. The fraction of sp³-hybridized carbons (Fsp3) is 0.211. The zero-order valence-electron chi connectivity index (χ0n) is 13.9. The lowest BCUT2D eigenvalue weighted by atomic mass is 10.1. The van der Waals surface area contributed by atoms with Gasteiger partial charge >= 0.3 is 0 Å². The van der Waals surface area contributed by atoms with Crippen LogP contribution < -0.4 is 5.32 Å². The Kier molecular flexibility index (Phi) is 6.26. The molecule has 2 aromatic carbocycles. The highest BCUT2D eigenvalue weighted by Crippen LogP contribution is 2.19. The lowest BCUT2D eigenvalue weighted by Crippen LogP contribution is -2.25.